The fourth-order valence-corrected chi connectivity index (χ4v) is 3.65. The summed E-state index contributed by atoms with van der Waals surface area (Å²) in [6.45, 7) is 2.13. The number of aliphatic hydroxyl groups excluding tert-OH is 1. The van der Waals surface area contributed by atoms with E-state index in [2.05, 4.69) is 19.1 Å². The van der Waals surface area contributed by atoms with Gasteiger partial charge in [-0.15, -0.1) is 0 Å². The van der Waals surface area contributed by atoms with Gasteiger partial charge in [-0.2, -0.15) is 0 Å². The lowest BCUT2D eigenvalue weighted by Gasteiger charge is -2.36. The van der Waals surface area contributed by atoms with Crippen molar-refractivity contribution in [2.75, 3.05) is 0 Å². The highest BCUT2D eigenvalue weighted by Crippen LogP contribution is 2.40. The minimum absolute atomic E-state index is 0.00983. The van der Waals surface area contributed by atoms with Crippen molar-refractivity contribution in [1.29, 1.82) is 0 Å². The molecule has 2 aliphatic carbocycles. The molecule has 0 aliphatic heterocycles. The van der Waals surface area contributed by atoms with E-state index in [1.165, 1.54) is 38.5 Å². The van der Waals surface area contributed by atoms with Gasteiger partial charge in [0, 0.05) is 0 Å². The molecule has 0 saturated heterocycles. The zero-order valence-electron chi connectivity index (χ0n) is 10.6. The maximum absolute atomic E-state index is 9.53. The Morgan fingerprint density at radius 3 is 1.81 bits per heavy atom. The van der Waals surface area contributed by atoms with E-state index in [4.69, 9.17) is 0 Å². The summed E-state index contributed by atoms with van der Waals surface area (Å²) in [5, 5.41) is 9.53. The van der Waals surface area contributed by atoms with Crippen molar-refractivity contribution >= 4 is 0 Å². The van der Waals surface area contributed by atoms with E-state index < -0.39 is 0 Å². The van der Waals surface area contributed by atoms with Crippen molar-refractivity contribution in [2.24, 2.45) is 17.8 Å². The fraction of sp³-hybridized carbons (Fsp3) is 0.867. The number of hydrogen-bond acceptors (Lipinski definition) is 1. The molecule has 1 nitrogen and oxygen atoms in total. The van der Waals surface area contributed by atoms with Crippen molar-refractivity contribution in [1.82, 2.24) is 0 Å². The smallest absolute Gasteiger partial charge is 0.0540 e. The van der Waals surface area contributed by atoms with Gasteiger partial charge in [0.1, 0.15) is 0 Å². The van der Waals surface area contributed by atoms with Crippen LogP contribution in [0.4, 0.5) is 0 Å². The molecule has 0 amide bonds. The van der Waals surface area contributed by atoms with Crippen LogP contribution in [0.15, 0.2) is 12.2 Å². The number of allylic oxidation sites excluding steroid dienone is 2. The van der Waals surface area contributed by atoms with Gasteiger partial charge in [-0.3, -0.25) is 0 Å². The van der Waals surface area contributed by atoms with Gasteiger partial charge >= 0.3 is 0 Å². The van der Waals surface area contributed by atoms with Crippen LogP contribution in [0.5, 0.6) is 0 Å². The summed E-state index contributed by atoms with van der Waals surface area (Å²) < 4.78 is 0. The van der Waals surface area contributed by atoms with Gasteiger partial charge in [-0.1, -0.05) is 12.2 Å². The first-order valence-electron chi connectivity index (χ1n) is 7.10. The van der Waals surface area contributed by atoms with Crippen LogP contribution in [0.2, 0.25) is 0 Å². The molecule has 2 saturated carbocycles. The molecule has 0 aromatic heterocycles. The summed E-state index contributed by atoms with van der Waals surface area (Å²) in [5.41, 5.74) is 0. The second-order valence-electron chi connectivity index (χ2n) is 5.77. The Morgan fingerprint density at radius 2 is 1.31 bits per heavy atom. The standard InChI is InChI=1S/C15H26O/c1-2-3-12-4-6-13(7-5-12)14-8-10-15(16)11-9-14/h2-3,12-16H,4-11H2,1H3/b3-2+. The van der Waals surface area contributed by atoms with Crippen LogP contribution in [0.25, 0.3) is 0 Å². The first-order valence-corrected chi connectivity index (χ1v) is 7.10. The molecule has 2 aliphatic rings. The van der Waals surface area contributed by atoms with Crippen molar-refractivity contribution in [2.45, 2.75) is 64.4 Å². The highest BCUT2D eigenvalue weighted by molar-refractivity contribution is 4.90. The second-order valence-corrected chi connectivity index (χ2v) is 5.77. The van der Waals surface area contributed by atoms with Crippen LogP contribution < -0.4 is 0 Å². The number of rotatable bonds is 2. The Kier molecular flexibility index (Phi) is 4.45. The summed E-state index contributed by atoms with van der Waals surface area (Å²) in [5.74, 6) is 2.75. The third kappa shape index (κ3) is 3.10. The Balaban J connectivity index is 1.76. The topological polar surface area (TPSA) is 20.2 Å². The maximum atomic E-state index is 9.53. The second kappa shape index (κ2) is 5.86. The van der Waals surface area contributed by atoms with E-state index in [-0.39, 0.29) is 6.10 Å². The molecule has 16 heavy (non-hydrogen) atoms. The average molecular weight is 222 g/mol. The summed E-state index contributed by atoms with van der Waals surface area (Å²) in [6.07, 6.45) is 14.9. The molecule has 0 atom stereocenters. The molecule has 0 heterocycles. The number of hydrogen-bond donors (Lipinski definition) is 1. The summed E-state index contributed by atoms with van der Waals surface area (Å²) in [4.78, 5) is 0. The van der Waals surface area contributed by atoms with Crippen molar-refractivity contribution in [3.8, 4) is 0 Å². The van der Waals surface area contributed by atoms with Crippen LogP contribution in [-0.2, 0) is 0 Å². The van der Waals surface area contributed by atoms with E-state index in [1.54, 1.807) is 0 Å². The molecule has 0 aromatic carbocycles. The van der Waals surface area contributed by atoms with Gasteiger partial charge < -0.3 is 5.11 Å². The van der Waals surface area contributed by atoms with Crippen LogP contribution in [-0.4, -0.2) is 11.2 Å². The minimum Gasteiger partial charge on any atom is -0.393 e. The van der Waals surface area contributed by atoms with E-state index >= 15 is 0 Å². The Bertz CT molecular complexity index is 218. The summed E-state index contributed by atoms with van der Waals surface area (Å²) in [7, 11) is 0. The van der Waals surface area contributed by atoms with Gasteiger partial charge in [0.25, 0.3) is 0 Å². The maximum Gasteiger partial charge on any atom is 0.0540 e. The van der Waals surface area contributed by atoms with Gasteiger partial charge in [0.2, 0.25) is 0 Å². The molecule has 0 spiro atoms. The molecular weight excluding hydrogens is 196 g/mol. The zero-order valence-corrected chi connectivity index (χ0v) is 10.6. The van der Waals surface area contributed by atoms with Crippen LogP contribution in [0.3, 0.4) is 0 Å². The van der Waals surface area contributed by atoms with E-state index in [0.29, 0.717) is 0 Å². The third-order valence-electron chi connectivity index (χ3n) is 4.69. The van der Waals surface area contributed by atoms with Gasteiger partial charge in [0.05, 0.1) is 6.10 Å². The summed E-state index contributed by atoms with van der Waals surface area (Å²) in [6, 6.07) is 0. The van der Waals surface area contributed by atoms with E-state index in [1.807, 2.05) is 0 Å². The third-order valence-corrected chi connectivity index (χ3v) is 4.69. The van der Waals surface area contributed by atoms with Crippen molar-refractivity contribution in [3.63, 3.8) is 0 Å². The van der Waals surface area contributed by atoms with Crippen LogP contribution >= 0.6 is 0 Å². The molecule has 0 aromatic rings. The fourth-order valence-electron chi connectivity index (χ4n) is 3.65. The Labute approximate surface area is 99.9 Å². The Hall–Kier alpha value is -0.300. The molecule has 0 unspecified atom stereocenters. The molecule has 0 radical (unpaired) electrons. The lowest BCUT2D eigenvalue weighted by atomic mass is 9.70. The van der Waals surface area contributed by atoms with E-state index in [0.717, 1.165) is 30.6 Å². The molecule has 2 rings (SSSR count). The Morgan fingerprint density at radius 1 is 0.812 bits per heavy atom. The van der Waals surface area contributed by atoms with Gasteiger partial charge in [-0.05, 0) is 76.0 Å². The molecule has 0 bridgehead atoms. The number of aliphatic hydroxyl groups is 1. The molecule has 92 valence electrons. The zero-order chi connectivity index (χ0) is 11.4. The van der Waals surface area contributed by atoms with E-state index in [9.17, 15) is 5.11 Å². The first kappa shape index (κ1) is 12.2. The van der Waals surface area contributed by atoms with Gasteiger partial charge in [0.15, 0.2) is 0 Å². The quantitative estimate of drug-likeness (QED) is 0.702. The molecule has 1 heteroatoms. The van der Waals surface area contributed by atoms with Crippen molar-refractivity contribution in [3.05, 3.63) is 12.2 Å². The van der Waals surface area contributed by atoms with Gasteiger partial charge in [-0.25, -0.2) is 0 Å². The largest absolute Gasteiger partial charge is 0.393 e. The summed E-state index contributed by atoms with van der Waals surface area (Å²) >= 11 is 0. The lowest BCUT2D eigenvalue weighted by molar-refractivity contribution is 0.0793. The SMILES string of the molecule is C/C=C/C1CCC(C2CCC(O)CC2)CC1. The first-order chi connectivity index (χ1) is 7.79. The molecule has 1 N–H and O–H groups in total. The lowest BCUT2D eigenvalue weighted by Crippen LogP contribution is -2.27. The van der Waals surface area contributed by atoms with Crippen molar-refractivity contribution < 1.29 is 5.11 Å². The predicted molar refractivity (Wildman–Crippen MR) is 68.2 cm³/mol. The molecule has 2 fully saturated rings. The minimum atomic E-state index is 0.00983. The normalized spacial score (nSPS) is 41.4. The average Bonchev–Trinajstić information content (AvgIpc) is 2.32. The van der Waals surface area contributed by atoms with Crippen LogP contribution in [0, 0.1) is 17.8 Å². The van der Waals surface area contributed by atoms with Crippen LogP contribution in [0.1, 0.15) is 58.3 Å². The monoisotopic (exact) mass is 222 g/mol. The highest BCUT2D eigenvalue weighted by atomic mass is 16.3. The predicted octanol–water partition coefficient (Wildman–Crippen LogP) is 3.92. The molecular formula is C15H26O. The highest BCUT2D eigenvalue weighted by Gasteiger charge is 2.29.